The first-order chi connectivity index (χ1) is 8.15. The molecule has 1 aromatic heterocycles. The lowest BCUT2D eigenvalue weighted by molar-refractivity contribution is 0.112. The summed E-state index contributed by atoms with van der Waals surface area (Å²) in [6, 6.07) is 7.51. The van der Waals surface area contributed by atoms with Crippen LogP contribution in [0.4, 0.5) is 0 Å². The van der Waals surface area contributed by atoms with Crippen LogP contribution in [0, 0.1) is 6.92 Å². The number of thiophene rings is 1. The van der Waals surface area contributed by atoms with Gasteiger partial charge in [0.25, 0.3) is 0 Å². The quantitative estimate of drug-likeness (QED) is 0.779. The molecule has 88 valence electrons. The van der Waals surface area contributed by atoms with Crippen LogP contribution in [-0.4, -0.2) is 13.4 Å². The van der Waals surface area contributed by atoms with Gasteiger partial charge < -0.3 is 4.74 Å². The van der Waals surface area contributed by atoms with Crippen molar-refractivity contribution in [2.75, 3.05) is 7.11 Å². The molecule has 4 heteroatoms. The van der Waals surface area contributed by atoms with E-state index < -0.39 is 0 Å². The summed E-state index contributed by atoms with van der Waals surface area (Å²) in [6.45, 7) is 1.99. The van der Waals surface area contributed by atoms with Gasteiger partial charge in [-0.15, -0.1) is 11.3 Å². The lowest BCUT2D eigenvalue weighted by atomic mass is 10.1. The normalized spacial score (nSPS) is 10.3. The van der Waals surface area contributed by atoms with E-state index in [1.165, 1.54) is 11.3 Å². The van der Waals surface area contributed by atoms with Gasteiger partial charge in [0.2, 0.25) is 0 Å². The second kappa shape index (κ2) is 4.90. The standard InChI is InChI=1S/C13H11ClO2S/c1-8-5-12(16-2)11(14)6-10(8)13-4-3-9(7-15)17-13/h3-7H,1-2H3. The van der Waals surface area contributed by atoms with Crippen LogP contribution in [0.3, 0.4) is 0 Å². The summed E-state index contributed by atoms with van der Waals surface area (Å²) in [5.74, 6) is 0.667. The van der Waals surface area contributed by atoms with Crippen LogP contribution in [0.2, 0.25) is 5.02 Å². The fraction of sp³-hybridized carbons (Fsp3) is 0.154. The predicted octanol–water partition coefficient (Wildman–Crippen LogP) is 4.20. The van der Waals surface area contributed by atoms with Crippen molar-refractivity contribution in [1.82, 2.24) is 0 Å². The number of halogens is 1. The molecule has 0 spiro atoms. The molecule has 0 amide bonds. The summed E-state index contributed by atoms with van der Waals surface area (Å²) in [5.41, 5.74) is 2.11. The monoisotopic (exact) mass is 266 g/mol. The SMILES string of the molecule is COc1cc(C)c(-c2ccc(C=O)s2)cc1Cl. The third-order valence-corrected chi connectivity index (χ3v) is 3.85. The fourth-order valence-corrected chi connectivity index (χ4v) is 2.78. The number of ether oxygens (including phenoxy) is 1. The largest absolute Gasteiger partial charge is 0.495 e. The summed E-state index contributed by atoms with van der Waals surface area (Å²) in [7, 11) is 1.59. The molecule has 0 saturated carbocycles. The van der Waals surface area contributed by atoms with E-state index in [0.717, 1.165) is 22.3 Å². The molecule has 0 N–H and O–H groups in total. The van der Waals surface area contributed by atoms with E-state index in [4.69, 9.17) is 16.3 Å². The van der Waals surface area contributed by atoms with E-state index in [2.05, 4.69) is 0 Å². The van der Waals surface area contributed by atoms with E-state index in [1.807, 2.05) is 31.2 Å². The summed E-state index contributed by atoms with van der Waals surface area (Å²) in [6.07, 6.45) is 0.856. The molecular weight excluding hydrogens is 256 g/mol. The van der Waals surface area contributed by atoms with E-state index in [1.54, 1.807) is 7.11 Å². The molecule has 1 aromatic carbocycles. The van der Waals surface area contributed by atoms with E-state index in [9.17, 15) is 4.79 Å². The number of aldehydes is 1. The molecular formula is C13H11ClO2S. The summed E-state index contributed by atoms with van der Waals surface area (Å²) < 4.78 is 5.16. The van der Waals surface area contributed by atoms with Gasteiger partial charge in [0, 0.05) is 4.88 Å². The molecule has 0 aliphatic heterocycles. The number of hydrogen-bond donors (Lipinski definition) is 0. The Morgan fingerprint density at radius 2 is 2.12 bits per heavy atom. The summed E-state index contributed by atoms with van der Waals surface area (Å²) in [4.78, 5) is 12.4. The minimum Gasteiger partial charge on any atom is -0.495 e. The summed E-state index contributed by atoms with van der Waals surface area (Å²) in [5, 5.41) is 0.578. The van der Waals surface area contributed by atoms with Gasteiger partial charge in [-0.1, -0.05) is 11.6 Å². The summed E-state index contributed by atoms with van der Waals surface area (Å²) >= 11 is 7.56. The van der Waals surface area contributed by atoms with Crippen molar-refractivity contribution < 1.29 is 9.53 Å². The average Bonchev–Trinajstić information content (AvgIpc) is 2.80. The van der Waals surface area contributed by atoms with Gasteiger partial charge in [-0.05, 0) is 42.3 Å². The third-order valence-electron chi connectivity index (χ3n) is 2.51. The molecule has 2 nitrogen and oxygen atoms in total. The maximum atomic E-state index is 10.7. The first kappa shape index (κ1) is 12.1. The second-order valence-corrected chi connectivity index (χ2v) is 5.14. The maximum Gasteiger partial charge on any atom is 0.160 e. The van der Waals surface area contributed by atoms with Gasteiger partial charge in [0.1, 0.15) is 5.75 Å². The van der Waals surface area contributed by atoms with Crippen LogP contribution < -0.4 is 4.74 Å². The molecule has 0 aliphatic carbocycles. The molecule has 0 atom stereocenters. The van der Waals surface area contributed by atoms with Gasteiger partial charge in [-0.3, -0.25) is 4.79 Å². The van der Waals surface area contributed by atoms with Gasteiger partial charge in [-0.2, -0.15) is 0 Å². The number of methoxy groups -OCH3 is 1. The number of carbonyl (C=O) groups excluding carboxylic acids is 1. The van der Waals surface area contributed by atoms with Crippen molar-refractivity contribution in [3.05, 3.63) is 39.7 Å². The highest BCUT2D eigenvalue weighted by atomic mass is 35.5. The highest BCUT2D eigenvalue weighted by Crippen LogP contribution is 2.36. The average molecular weight is 267 g/mol. The number of rotatable bonds is 3. The molecule has 0 saturated heterocycles. The molecule has 1 heterocycles. The van der Waals surface area contributed by atoms with Crippen molar-refractivity contribution in [2.24, 2.45) is 0 Å². The highest BCUT2D eigenvalue weighted by molar-refractivity contribution is 7.17. The van der Waals surface area contributed by atoms with Gasteiger partial charge >= 0.3 is 0 Å². The van der Waals surface area contributed by atoms with Gasteiger partial charge in [0.05, 0.1) is 17.0 Å². The Kier molecular flexibility index (Phi) is 3.50. The first-order valence-electron chi connectivity index (χ1n) is 5.05. The van der Waals surface area contributed by atoms with Crippen LogP contribution in [0.5, 0.6) is 5.75 Å². The Bertz CT molecular complexity index is 561. The number of benzene rings is 1. The van der Waals surface area contributed by atoms with Gasteiger partial charge in [-0.25, -0.2) is 0 Å². The van der Waals surface area contributed by atoms with Crippen molar-refractivity contribution >= 4 is 29.2 Å². The number of carbonyl (C=O) groups is 1. The zero-order chi connectivity index (χ0) is 12.4. The van der Waals surface area contributed by atoms with Crippen molar-refractivity contribution in [3.63, 3.8) is 0 Å². The number of hydrogen-bond acceptors (Lipinski definition) is 3. The Morgan fingerprint density at radius 1 is 1.35 bits per heavy atom. The van der Waals surface area contributed by atoms with Gasteiger partial charge in [0.15, 0.2) is 6.29 Å². The Balaban J connectivity index is 2.52. The van der Waals surface area contributed by atoms with Crippen molar-refractivity contribution in [2.45, 2.75) is 6.92 Å². The molecule has 2 aromatic rings. The minimum atomic E-state index is 0.578. The Hall–Kier alpha value is -1.32. The molecule has 0 bridgehead atoms. The van der Waals surface area contributed by atoms with Crippen molar-refractivity contribution in [3.8, 4) is 16.2 Å². The molecule has 0 aliphatic rings. The van der Waals surface area contributed by atoms with Crippen LogP contribution in [-0.2, 0) is 0 Å². The lowest BCUT2D eigenvalue weighted by Gasteiger charge is -2.08. The minimum absolute atomic E-state index is 0.578. The van der Waals surface area contributed by atoms with E-state index in [-0.39, 0.29) is 0 Å². The fourth-order valence-electron chi connectivity index (χ4n) is 1.64. The Morgan fingerprint density at radius 3 is 2.71 bits per heavy atom. The highest BCUT2D eigenvalue weighted by Gasteiger charge is 2.10. The van der Waals surface area contributed by atoms with Crippen LogP contribution >= 0.6 is 22.9 Å². The first-order valence-corrected chi connectivity index (χ1v) is 6.24. The molecule has 0 radical (unpaired) electrons. The smallest absolute Gasteiger partial charge is 0.160 e. The predicted molar refractivity (Wildman–Crippen MR) is 71.4 cm³/mol. The van der Waals surface area contributed by atoms with Crippen LogP contribution in [0.15, 0.2) is 24.3 Å². The molecule has 2 rings (SSSR count). The topological polar surface area (TPSA) is 26.3 Å². The van der Waals surface area contributed by atoms with Crippen LogP contribution in [0.25, 0.3) is 10.4 Å². The lowest BCUT2D eigenvalue weighted by Crippen LogP contribution is -1.87. The molecule has 0 fully saturated rings. The zero-order valence-corrected chi connectivity index (χ0v) is 11.1. The maximum absolute atomic E-state index is 10.7. The zero-order valence-electron chi connectivity index (χ0n) is 9.49. The second-order valence-electron chi connectivity index (χ2n) is 3.62. The van der Waals surface area contributed by atoms with Crippen LogP contribution in [0.1, 0.15) is 15.2 Å². The Labute approximate surface area is 109 Å². The van der Waals surface area contributed by atoms with Crippen molar-refractivity contribution in [1.29, 1.82) is 0 Å². The third kappa shape index (κ3) is 2.35. The molecule has 17 heavy (non-hydrogen) atoms. The molecule has 0 unspecified atom stereocenters. The van der Waals surface area contributed by atoms with E-state index >= 15 is 0 Å². The number of aryl methyl sites for hydroxylation is 1. The van der Waals surface area contributed by atoms with E-state index in [0.29, 0.717) is 15.6 Å².